The van der Waals surface area contributed by atoms with E-state index in [1.54, 1.807) is 6.33 Å². The number of hydrogen-bond donors (Lipinski definition) is 0. The molecule has 1 amide bonds. The molecule has 1 aromatic heterocycles. The Balaban J connectivity index is 1.54. The Bertz CT molecular complexity index is 690. The third-order valence-corrected chi connectivity index (χ3v) is 4.75. The highest BCUT2D eigenvalue weighted by molar-refractivity contribution is 5.93. The van der Waals surface area contributed by atoms with Gasteiger partial charge in [0.25, 0.3) is 5.91 Å². The number of rotatable bonds is 2. The normalized spacial score (nSPS) is 21.0. The van der Waals surface area contributed by atoms with Crippen molar-refractivity contribution in [3.63, 3.8) is 0 Å². The summed E-state index contributed by atoms with van der Waals surface area (Å²) in [5, 5.41) is 0. The van der Waals surface area contributed by atoms with Gasteiger partial charge in [-0.1, -0.05) is 30.3 Å². The summed E-state index contributed by atoms with van der Waals surface area (Å²) in [6.45, 7) is 2.84. The highest BCUT2D eigenvalue weighted by Gasteiger charge is 2.28. The van der Waals surface area contributed by atoms with Gasteiger partial charge in [-0.2, -0.15) is 0 Å². The van der Waals surface area contributed by atoms with Gasteiger partial charge in [0, 0.05) is 13.1 Å². The lowest BCUT2D eigenvalue weighted by Crippen LogP contribution is -2.36. The fourth-order valence-corrected chi connectivity index (χ4v) is 3.42. The average molecular weight is 311 g/mol. The Kier molecular flexibility index (Phi) is 3.87. The zero-order valence-corrected chi connectivity index (χ0v) is 13.1. The lowest BCUT2D eigenvalue weighted by molar-refractivity contribution is 0.00231. The molecule has 0 bridgehead atoms. The number of amides is 1. The van der Waals surface area contributed by atoms with E-state index in [-0.39, 0.29) is 12.0 Å². The van der Waals surface area contributed by atoms with Gasteiger partial charge in [0.1, 0.15) is 6.10 Å². The second-order valence-corrected chi connectivity index (χ2v) is 6.26. The number of nitrogens with zero attached hydrogens (tertiary/aromatic N) is 3. The number of piperidine rings is 1. The van der Waals surface area contributed by atoms with Gasteiger partial charge in [-0.15, -0.1) is 0 Å². The Hall–Kier alpha value is -2.14. The van der Waals surface area contributed by atoms with E-state index in [0.717, 1.165) is 37.2 Å². The van der Waals surface area contributed by atoms with Crippen LogP contribution in [0.1, 0.15) is 47.1 Å². The summed E-state index contributed by atoms with van der Waals surface area (Å²) < 4.78 is 8.06. The maximum atomic E-state index is 12.7. The molecule has 120 valence electrons. The Labute approximate surface area is 135 Å². The van der Waals surface area contributed by atoms with Crippen molar-refractivity contribution in [2.24, 2.45) is 0 Å². The van der Waals surface area contributed by atoms with Crippen LogP contribution in [-0.2, 0) is 17.9 Å². The van der Waals surface area contributed by atoms with Crippen molar-refractivity contribution < 1.29 is 9.53 Å². The number of benzene rings is 1. The molecular weight excluding hydrogens is 290 g/mol. The number of fused-ring (bicyclic) bond motifs is 1. The van der Waals surface area contributed by atoms with Crippen LogP contribution in [0.5, 0.6) is 0 Å². The van der Waals surface area contributed by atoms with Crippen molar-refractivity contribution in [3.05, 3.63) is 53.6 Å². The molecule has 2 aliphatic rings. The van der Waals surface area contributed by atoms with Gasteiger partial charge in [-0.05, 0) is 24.8 Å². The Morgan fingerprint density at radius 2 is 1.91 bits per heavy atom. The van der Waals surface area contributed by atoms with Crippen LogP contribution in [0.15, 0.2) is 36.7 Å². The van der Waals surface area contributed by atoms with Crippen molar-refractivity contribution in [2.75, 3.05) is 13.1 Å². The number of hydrogen-bond acceptors (Lipinski definition) is 3. The van der Waals surface area contributed by atoms with Crippen LogP contribution in [0.3, 0.4) is 0 Å². The summed E-state index contributed by atoms with van der Waals surface area (Å²) >= 11 is 0. The lowest BCUT2D eigenvalue weighted by Gasteiger charge is -2.28. The minimum absolute atomic E-state index is 0.0239. The topological polar surface area (TPSA) is 47.4 Å². The van der Waals surface area contributed by atoms with Crippen LogP contribution in [0, 0.1) is 0 Å². The molecule has 1 atom stereocenters. The van der Waals surface area contributed by atoms with Crippen molar-refractivity contribution >= 4 is 5.91 Å². The van der Waals surface area contributed by atoms with E-state index < -0.39 is 0 Å². The fourth-order valence-electron chi connectivity index (χ4n) is 3.42. The third-order valence-electron chi connectivity index (χ3n) is 4.75. The van der Waals surface area contributed by atoms with E-state index in [4.69, 9.17) is 4.74 Å². The van der Waals surface area contributed by atoms with Gasteiger partial charge in [-0.25, -0.2) is 4.98 Å². The van der Waals surface area contributed by atoms with Crippen LogP contribution in [0.2, 0.25) is 0 Å². The molecule has 2 aliphatic heterocycles. The first-order valence-corrected chi connectivity index (χ1v) is 8.33. The van der Waals surface area contributed by atoms with E-state index in [1.165, 1.54) is 6.42 Å². The summed E-state index contributed by atoms with van der Waals surface area (Å²) in [6, 6.07) is 10.2. The SMILES string of the molecule is O=C(c1ncn2c1CO[C@@H](c1ccccc1)C2)N1CCCCC1. The predicted molar refractivity (Wildman–Crippen MR) is 86.0 cm³/mol. The molecule has 0 unspecified atom stereocenters. The number of carbonyl (C=O) groups is 1. The molecule has 1 fully saturated rings. The summed E-state index contributed by atoms with van der Waals surface area (Å²) in [4.78, 5) is 19.0. The second-order valence-electron chi connectivity index (χ2n) is 6.26. The predicted octanol–water partition coefficient (Wildman–Crippen LogP) is 2.78. The molecule has 0 spiro atoms. The molecule has 2 aromatic rings. The van der Waals surface area contributed by atoms with Crippen molar-refractivity contribution in [2.45, 2.75) is 38.5 Å². The van der Waals surface area contributed by atoms with Gasteiger partial charge < -0.3 is 14.2 Å². The first kappa shape index (κ1) is 14.5. The van der Waals surface area contributed by atoms with E-state index in [1.807, 2.05) is 23.1 Å². The minimum atomic E-state index is 0.0239. The molecule has 0 aliphatic carbocycles. The van der Waals surface area contributed by atoms with Gasteiger partial charge in [0.15, 0.2) is 5.69 Å². The van der Waals surface area contributed by atoms with E-state index >= 15 is 0 Å². The van der Waals surface area contributed by atoms with Crippen LogP contribution in [-0.4, -0.2) is 33.4 Å². The van der Waals surface area contributed by atoms with Crippen LogP contribution >= 0.6 is 0 Å². The molecule has 4 rings (SSSR count). The molecule has 5 nitrogen and oxygen atoms in total. The summed E-state index contributed by atoms with van der Waals surface area (Å²) in [6.07, 6.45) is 5.21. The summed E-state index contributed by atoms with van der Waals surface area (Å²) in [5.41, 5.74) is 2.64. The fraction of sp³-hybridized carbons (Fsp3) is 0.444. The number of likely N-dealkylation sites (tertiary alicyclic amines) is 1. The van der Waals surface area contributed by atoms with Crippen molar-refractivity contribution in [1.29, 1.82) is 0 Å². The zero-order valence-electron chi connectivity index (χ0n) is 13.1. The molecule has 1 saturated heterocycles. The smallest absolute Gasteiger partial charge is 0.274 e. The first-order chi connectivity index (χ1) is 11.3. The molecule has 1 aromatic carbocycles. The molecule has 3 heterocycles. The monoisotopic (exact) mass is 311 g/mol. The highest BCUT2D eigenvalue weighted by atomic mass is 16.5. The third kappa shape index (κ3) is 2.77. The Morgan fingerprint density at radius 3 is 2.70 bits per heavy atom. The average Bonchev–Trinajstić information content (AvgIpc) is 3.05. The van der Waals surface area contributed by atoms with Crippen LogP contribution < -0.4 is 0 Å². The first-order valence-electron chi connectivity index (χ1n) is 8.33. The molecule has 23 heavy (non-hydrogen) atoms. The standard InChI is InChI=1S/C18H21N3O2/c22-18(20-9-5-2-6-10-20)17-15-12-23-16(11-21(15)13-19-17)14-7-3-1-4-8-14/h1,3-4,7-8,13,16H,2,5-6,9-12H2/t16-/m1/s1. The number of imidazole rings is 1. The van der Waals surface area contributed by atoms with Gasteiger partial charge in [0.05, 0.1) is 25.2 Å². The van der Waals surface area contributed by atoms with E-state index in [0.29, 0.717) is 18.8 Å². The number of ether oxygens (including phenoxy) is 1. The number of carbonyl (C=O) groups excluding carboxylic acids is 1. The van der Waals surface area contributed by atoms with Gasteiger partial charge in [0.2, 0.25) is 0 Å². The van der Waals surface area contributed by atoms with Gasteiger partial charge >= 0.3 is 0 Å². The quantitative estimate of drug-likeness (QED) is 0.857. The maximum Gasteiger partial charge on any atom is 0.274 e. The zero-order chi connectivity index (χ0) is 15.6. The lowest BCUT2D eigenvalue weighted by atomic mass is 10.1. The molecule has 5 heteroatoms. The second kappa shape index (κ2) is 6.16. The van der Waals surface area contributed by atoms with E-state index in [9.17, 15) is 4.79 Å². The molecular formula is C18H21N3O2. The van der Waals surface area contributed by atoms with Crippen molar-refractivity contribution in [3.8, 4) is 0 Å². The largest absolute Gasteiger partial charge is 0.365 e. The van der Waals surface area contributed by atoms with Crippen LogP contribution in [0.25, 0.3) is 0 Å². The van der Waals surface area contributed by atoms with E-state index in [2.05, 4.69) is 21.7 Å². The Morgan fingerprint density at radius 1 is 1.13 bits per heavy atom. The minimum Gasteiger partial charge on any atom is -0.365 e. The molecule has 0 saturated carbocycles. The molecule has 0 radical (unpaired) electrons. The number of aromatic nitrogens is 2. The van der Waals surface area contributed by atoms with Crippen molar-refractivity contribution in [1.82, 2.24) is 14.5 Å². The summed E-state index contributed by atoms with van der Waals surface area (Å²) in [7, 11) is 0. The van der Waals surface area contributed by atoms with Crippen LogP contribution in [0.4, 0.5) is 0 Å². The van der Waals surface area contributed by atoms with Gasteiger partial charge in [-0.3, -0.25) is 4.79 Å². The molecule has 0 N–H and O–H groups in total. The summed E-state index contributed by atoms with van der Waals surface area (Å²) in [5.74, 6) is 0.0558. The maximum absolute atomic E-state index is 12.7. The highest BCUT2D eigenvalue weighted by Crippen LogP contribution is 2.28.